The first-order valence-corrected chi connectivity index (χ1v) is 9.63. The van der Waals surface area contributed by atoms with Crippen LogP contribution in [-0.2, 0) is 0 Å². The molecule has 2 aliphatic heterocycles. The van der Waals surface area contributed by atoms with Crippen LogP contribution in [0.3, 0.4) is 0 Å². The molecule has 2 aliphatic rings. The Hall–Kier alpha value is -1.27. The molecule has 1 aromatic rings. The number of nitrogens with zero attached hydrogens (tertiary/aromatic N) is 2. The summed E-state index contributed by atoms with van der Waals surface area (Å²) in [6.07, 6.45) is 3.36. The molecule has 5 nitrogen and oxygen atoms in total. The highest BCUT2D eigenvalue weighted by Crippen LogP contribution is 2.25. The highest BCUT2D eigenvalue weighted by molar-refractivity contribution is 9.10. The van der Waals surface area contributed by atoms with Crippen LogP contribution in [-0.4, -0.2) is 56.7 Å². The zero-order valence-electron chi connectivity index (χ0n) is 14.3. The number of halogens is 1. The quantitative estimate of drug-likeness (QED) is 0.824. The van der Waals surface area contributed by atoms with E-state index < -0.39 is 0 Å². The van der Waals surface area contributed by atoms with Crippen molar-refractivity contribution in [3.05, 3.63) is 28.7 Å². The van der Waals surface area contributed by atoms with Crippen molar-refractivity contribution >= 4 is 27.6 Å². The first-order chi connectivity index (χ1) is 11.6. The molecular weight excluding hydrogens is 368 g/mol. The molecule has 0 aromatic heterocycles. The molecule has 0 radical (unpaired) electrons. The molecule has 0 bridgehead atoms. The van der Waals surface area contributed by atoms with E-state index in [1.807, 2.05) is 6.07 Å². The molecule has 0 saturated carbocycles. The lowest BCUT2D eigenvalue weighted by Gasteiger charge is -2.30. The van der Waals surface area contributed by atoms with Gasteiger partial charge in [0, 0.05) is 42.4 Å². The summed E-state index contributed by atoms with van der Waals surface area (Å²) < 4.78 is 1.11. The van der Waals surface area contributed by atoms with Gasteiger partial charge in [-0.15, -0.1) is 0 Å². The van der Waals surface area contributed by atoms with Crippen LogP contribution in [0.2, 0.25) is 0 Å². The molecule has 2 saturated heterocycles. The third-order valence-electron chi connectivity index (χ3n) is 4.97. The third-order valence-corrected chi connectivity index (χ3v) is 5.46. The zero-order chi connectivity index (χ0) is 16.9. The summed E-state index contributed by atoms with van der Waals surface area (Å²) in [7, 11) is 2.11. The van der Waals surface area contributed by atoms with Crippen LogP contribution < -0.4 is 15.5 Å². The molecule has 2 amide bonds. The van der Waals surface area contributed by atoms with Crippen molar-refractivity contribution in [1.29, 1.82) is 0 Å². The summed E-state index contributed by atoms with van der Waals surface area (Å²) in [4.78, 5) is 16.8. The minimum atomic E-state index is -0.0174. The Morgan fingerprint density at radius 2 is 2.17 bits per heavy atom. The van der Waals surface area contributed by atoms with E-state index >= 15 is 0 Å². The molecule has 0 aliphatic carbocycles. The number of hydrogen-bond acceptors (Lipinski definition) is 3. The number of carbonyl (C=O) groups is 1. The van der Waals surface area contributed by atoms with E-state index in [0.29, 0.717) is 5.92 Å². The molecule has 0 spiro atoms. The monoisotopic (exact) mass is 394 g/mol. The van der Waals surface area contributed by atoms with Gasteiger partial charge in [-0.05, 0) is 57.0 Å². The average Bonchev–Trinajstić information content (AvgIpc) is 3.02. The highest BCUT2D eigenvalue weighted by atomic mass is 79.9. The van der Waals surface area contributed by atoms with Gasteiger partial charge in [0.1, 0.15) is 0 Å². The average molecular weight is 395 g/mol. The zero-order valence-corrected chi connectivity index (χ0v) is 15.9. The Morgan fingerprint density at radius 3 is 2.96 bits per heavy atom. The van der Waals surface area contributed by atoms with Crippen molar-refractivity contribution in [2.45, 2.75) is 25.3 Å². The number of likely N-dealkylation sites (N-methyl/N-ethyl adjacent to an activating group) is 1. The van der Waals surface area contributed by atoms with Crippen LogP contribution in [0.4, 0.5) is 10.5 Å². The summed E-state index contributed by atoms with van der Waals surface area (Å²) >= 11 is 3.53. The van der Waals surface area contributed by atoms with Crippen molar-refractivity contribution < 1.29 is 4.79 Å². The van der Waals surface area contributed by atoms with Crippen molar-refractivity contribution in [1.82, 2.24) is 15.5 Å². The van der Waals surface area contributed by atoms with Gasteiger partial charge in [-0.25, -0.2) is 4.79 Å². The Bertz CT molecular complexity index is 568. The molecule has 1 aromatic carbocycles. The summed E-state index contributed by atoms with van der Waals surface area (Å²) in [6, 6.07) is 8.68. The molecule has 0 unspecified atom stereocenters. The molecule has 24 heavy (non-hydrogen) atoms. The first-order valence-electron chi connectivity index (χ1n) is 8.83. The second-order valence-corrected chi connectivity index (χ2v) is 7.95. The van der Waals surface area contributed by atoms with Gasteiger partial charge in [-0.1, -0.05) is 22.0 Å². The van der Waals surface area contributed by atoms with E-state index in [1.54, 1.807) is 0 Å². The number of rotatable bonds is 4. The summed E-state index contributed by atoms with van der Waals surface area (Å²) in [6.45, 7) is 4.89. The van der Waals surface area contributed by atoms with Crippen molar-refractivity contribution in [2.24, 2.45) is 5.92 Å². The van der Waals surface area contributed by atoms with E-state index in [9.17, 15) is 4.79 Å². The van der Waals surface area contributed by atoms with Crippen molar-refractivity contribution in [2.75, 3.05) is 44.7 Å². The molecule has 2 atom stereocenters. The van der Waals surface area contributed by atoms with E-state index in [1.165, 1.54) is 5.69 Å². The second-order valence-electron chi connectivity index (χ2n) is 7.04. The standard InChI is InChI=1S/C18H27BrN4O/c1-22-8-3-5-16(13-22)21-18(24)20-11-14-7-9-23(12-14)17-6-2-4-15(19)10-17/h2,4,6,10,14,16H,3,5,7-9,11-13H2,1H3,(H2,20,21,24)/t14-,16+/m1/s1. The number of piperidine rings is 1. The van der Waals surface area contributed by atoms with Gasteiger partial charge in [0.15, 0.2) is 0 Å². The minimum Gasteiger partial charge on any atom is -0.371 e. The van der Waals surface area contributed by atoms with Crippen LogP contribution >= 0.6 is 15.9 Å². The second kappa shape index (κ2) is 8.21. The summed E-state index contributed by atoms with van der Waals surface area (Å²) in [5, 5.41) is 6.18. The maximum Gasteiger partial charge on any atom is 0.315 e. The maximum atomic E-state index is 12.1. The van der Waals surface area contributed by atoms with Gasteiger partial charge < -0.3 is 20.4 Å². The predicted octanol–water partition coefficient (Wildman–Crippen LogP) is 2.67. The number of anilines is 1. The fourth-order valence-corrected chi connectivity index (χ4v) is 4.05. The summed E-state index contributed by atoms with van der Waals surface area (Å²) in [5.41, 5.74) is 1.25. The lowest BCUT2D eigenvalue weighted by Crippen LogP contribution is -2.50. The van der Waals surface area contributed by atoms with Gasteiger partial charge in [0.05, 0.1) is 0 Å². The van der Waals surface area contributed by atoms with Crippen LogP contribution in [0.1, 0.15) is 19.3 Å². The third kappa shape index (κ3) is 4.86. The molecule has 6 heteroatoms. The fourth-order valence-electron chi connectivity index (χ4n) is 3.66. The van der Waals surface area contributed by atoms with Gasteiger partial charge in [0.25, 0.3) is 0 Å². The van der Waals surface area contributed by atoms with Crippen LogP contribution in [0, 0.1) is 5.92 Å². The van der Waals surface area contributed by atoms with Gasteiger partial charge in [0.2, 0.25) is 0 Å². The van der Waals surface area contributed by atoms with Crippen LogP contribution in [0.15, 0.2) is 28.7 Å². The molecular formula is C18H27BrN4O. The molecule has 2 N–H and O–H groups in total. The number of carbonyl (C=O) groups excluding carboxylic acids is 1. The SMILES string of the molecule is CN1CCC[C@H](NC(=O)NC[C@H]2CCN(c3cccc(Br)c3)C2)C1. The molecule has 2 fully saturated rings. The number of hydrogen-bond donors (Lipinski definition) is 2. The summed E-state index contributed by atoms with van der Waals surface area (Å²) in [5.74, 6) is 0.517. The number of amides is 2. The number of urea groups is 1. The molecule has 2 heterocycles. The number of likely N-dealkylation sites (tertiary alicyclic amines) is 1. The number of benzene rings is 1. The van der Waals surface area contributed by atoms with Crippen LogP contribution in [0.5, 0.6) is 0 Å². The smallest absolute Gasteiger partial charge is 0.315 e. The van der Waals surface area contributed by atoms with Crippen molar-refractivity contribution in [3.63, 3.8) is 0 Å². The highest BCUT2D eigenvalue weighted by Gasteiger charge is 2.24. The fraction of sp³-hybridized carbons (Fsp3) is 0.611. The minimum absolute atomic E-state index is 0.0174. The Balaban J connectivity index is 1.40. The lowest BCUT2D eigenvalue weighted by molar-refractivity contribution is 0.208. The lowest BCUT2D eigenvalue weighted by atomic mass is 10.1. The van der Waals surface area contributed by atoms with E-state index in [0.717, 1.165) is 56.5 Å². The van der Waals surface area contributed by atoms with Gasteiger partial charge in [-0.2, -0.15) is 0 Å². The normalized spacial score (nSPS) is 24.8. The van der Waals surface area contributed by atoms with E-state index in [-0.39, 0.29) is 12.1 Å². The predicted molar refractivity (Wildman–Crippen MR) is 102 cm³/mol. The van der Waals surface area contributed by atoms with Crippen molar-refractivity contribution in [3.8, 4) is 0 Å². The largest absolute Gasteiger partial charge is 0.371 e. The molecule has 132 valence electrons. The van der Waals surface area contributed by atoms with Gasteiger partial charge in [-0.3, -0.25) is 0 Å². The van der Waals surface area contributed by atoms with E-state index in [4.69, 9.17) is 0 Å². The number of nitrogens with one attached hydrogen (secondary N) is 2. The molecule has 3 rings (SSSR count). The Morgan fingerprint density at radius 1 is 1.29 bits per heavy atom. The topological polar surface area (TPSA) is 47.6 Å². The van der Waals surface area contributed by atoms with E-state index in [2.05, 4.69) is 61.6 Å². The first kappa shape index (κ1) is 17.5. The Kier molecular flexibility index (Phi) is 6.00. The maximum absolute atomic E-state index is 12.1. The van der Waals surface area contributed by atoms with Crippen LogP contribution in [0.25, 0.3) is 0 Å². The Labute approximate surface area is 152 Å². The van der Waals surface area contributed by atoms with Gasteiger partial charge >= 0.3 is 6.03 Å².